The maximum atomic E-state index is 4.79. The van der Waals surface area contributed by atoms with Crippen molar-refractivity contribution in [3.63, 3.8) is 0 Å². The average molecular weight is 268 g/mol. The van der Waals surface area contributed by atoms with Crippen LogP contribution in [0.3, 0.4) is 0 Å². The highest BCUT2D eigenvalue weighted by atomic mass is 15.0. The van der Waals surface area contributed by atoms with E-state index < -0.39 is 0 Å². The van der Waals surface area contributed by atoms with Crippen LogP contribution < -0.4 is 5.32 Å². The van der Waals surface area contributed by atoms with E-state index in [2.05, 4.69) is 24.1 Å². The predicted molar refractivity (Wildman–Crippen MR) is 80.8 cm³/mol. The number of aromatic nitrogens is 3. The number of rotatable bonds is 5. The van der Waals surface area contributed by atoms with Gasteiger partial charge in [0, 0.05) is 36.0 Å². The average Bonchev–Trinajstić information content (AvgIpc) is 3.32. The van der Waals surface area contributed by atoms with E-state index in [1.54, 1.807) is 0 Å². The second-order valence-corrected chi connectivity index (χ2v) is 5.34. The zero-order valence-electron chi connectivity index (χ0n) is 12.1. The van der Waals surface area contributed by atoms with Crippen LogP contribution in [0, 0.1) is 6.92 Å². The molecule has 0 aliphatic heterocycles. The second-order valence-electron chi connectivity index (χ2n) is 5.34. The first-order chi connectivity index (χ1) is 9.79. The minimum atomic E-state index is 0.554. The van der Waals surface area contributed by atoms with E-state index in [1.807, 2.05) is 24.5 Å². The molecule has 1 aliphatic rings. The zero-order chi connectivity index (χ0) is 13.9. The molecule has 2 heterocycles. The lowest BCUT2D eigenvalue weighted by molar-refractivity contribution is 0.902. The van der Waals surface area contributed by atoms with E-state index in [9.17, 15) is 0 Å². The Kier molecular flexibility index (Phi) is 3.63. The molecule has 2 aromatic rings. The van der Waals surface area contributed by atoms with Crippen LogP contribution >= 0.6 is 0 Å². The Bertz CT molecular complexity index is 591. The van der Waals surface area contributed by atoms with Gasteiger partial charge in [-0.1, -0.05) is 6.92 Å². The number of pyridine rings is 1. The summed E-state index contributed by atoms with van der Waals surface area (Å²) in [5, 5.41) is 3.43. The van der Waals surface area contributed by atoms with Crippen LogP contribution in [-0.4, -0.2) is 21.5 Å². The summed E-state index contributed by atoms with van der Waals surface area (Å²) in [6.45, 7) is 5.19. The van der Waals surface area contributed by atoms with Crippen LogP contribution in [-0.2, 0) is 0 Å². The van der Waals surface area contributed by atoms with Crippen LogP contribution in [0.4, 0.5) is 5.82 Å². The minimum Gasteiger partial charge on any atom is -0.370 e. The van der Waals surface area contributed by atoms with Gasteiger partial charge < -0.3 is 5.32 Å². The van der Waals surface area contributed by atoms with Gasteiger partial charge in [-0.3, -0.25) is 4.98 Å². The number of nitrogens with one attached hydrogen (secondary N) is 1. The van der Waals surface area contributed by atoms with Crippen LogP contribution in [0.15, 0.2) is 24.5 Å². The zero-order valence-corrected chi connectivity index (χ0v) is 12.1. The molecule has 4 heteroatoms. The standard InChI is InChI=1S/C16H20N4/c1-3-8-18-15-11(2)14(12-6-9-17-10-7-12)19-16(20-15)13-4-5-13/h6-7,9-10,13H,3-5,8H2,1-2H3,(H,18,19,20). The Balaban J connectivity index is 2.05. The summed E-state index contributed by atoms with van der Waals surface area (Å²) in [7, 11) is 0. The highest BCUT2D eigenvalue weighted by Gasteiger charge is 2.28. The molecule has 0 saturated heterocycles. The molecule has 2 aromatic heterocycles. The first-order valence-electron chi connectivity index (χ1n) is 7.32. The number of hydrogen-bond acceptors (Lipinski definition) is 4. The number of hydrogen-bond donors (Lipinski definition) is 1. The fourth-order valence-corrected chi connectivity index (χ4v) is 2.26. The maximum absolute atomic E-state index is 4.79. The molecule has 0 aromatic carbocycles. The Morgan fingerprint density at radius 2 is 1.95 bits per heavy atom. The van der Waals surface area contributed by atoms with E-state index in [1.165, 1.54) is 12.8 Å². The van der Waals surface area contributed by atoms with Gasteiger partial charge in [-0.15, -0.1) is 0 Å². The lowest BCUT2D eigenvalue weighted by Crippen LogP contribution is -2.08. The van der Waals surface area contributed by atoms with Gasteiger partial charge in [-0.25, -0.2) is 9.97 Å². The largest absolute Gasteiger partial charge is 0.370 e. The fraction of sp³-hybridized carbons (Fsp3) is 0.438. The first-order valence-corrected chi connectivity index (χ1v) is 7.32. The third-order valence-electron chi connectivity index (χ3n) is 3.60. The molecule has 0 spiro atoms. The third kappa shape index (κ3) is 2.64. The predicted octanol–water partition coefficient (Wildman–Crippen LogP) is 3.55. The molecular weight excluding hydrogens is 248 g/mol. The van der Waals surface area contributed by atoms with E-state index in [-0.39, 0.29) is 0 Å². The van der Waals surface area contributed by atoms with E-state index in [0.717, 1.165) is 41.4 Å². The normalized spacial score (nSPS) is 14.3. The molecule has 20 heavy (non-hydrogen) atoms. The summed E-state index contributed by atoms with van der Waals surface area (Å²) in [5.74, 6) is 2.52. The Hall–Kier alpha value is -1.97. The Morgan fingerprint density at radius 3 is 2.60 bits per heavy atom. The van der Waals surface area contributed by atoms with Gasteiger partial charge in [0.1, 0.15) is 11.6 Å². The molecule has 4 nitrogen and oxygen atoms in total. The Labute approximate surface area is 119 Å². The van der Waals surface area contributed by atoms with E-state index >= 15 is 0 Å². The van der Waals surface area contributed by atoms with E-state index in [4.69, 9.17) is 9.97 Å². The summed E-state index contributed by atoms with van der Waals surface area (Å²) in [6, 6.07) is 4.02. The van der Waals surface area contributed by atoms with Crippen LogP contribution in [0.25, 0.3) is 11.3 Å². The molecule has 1 N–H and O–H groups in total. The van der Waals surface area contributed by atoms with Crippen molar-refractivity contribution in [2.24, 2.45) is 0 Å². The van der Waals surface area contributed by atoms with Crippen molar-refractivity contribution in [3.8, 4) is 11.3 Å². The van der Waals surface area contributed by atoms with Crippen molar-refractivity contribution in [1.82, 2.24) is 15.0 Å². The summed E-state index contributed by atoms with van der Waals surface area (Å²) in [5.41, 5.74) is 3.26. The molecule has 1 fully saturated rings. The summed E-state index contributed by atoms with van der Waals surface area (Å²) >= 11 is 0. The number of nitrogens with zero attached hydrogens (tertiary/aromatic N) is 3. The van der Waals surface area contributed by atoms with Gasteiger partial charge in [-0.2, -0.15) is 0 Å². The lowest BCUT2D eigenvalue weighted by Gasteiger charge is -2.13. The van der Waals surface area contributed by atoms with Crippen molar-refractivity contribution in [2.75, 3.05) is 11.9 Å². The van der Waals surface area contributed by atoms with Crippen molar-refractivity contribution < 1.29 is 0 Å². The second kappa shape index (κ2) is 5.57. The van der Waals surface area contributed by atoms with Crippen LogP contribution in [0.5, 0.6) is 0 Å². The number of anilines is 1. The lowest BCUT2D eigenvalue weighted by atomic mass is 10.1. The smallest absolute Gasteiger partial charge is 0.134 e. The van der Waals surface area contributed by atoms with Crippen LogP contribution in [0.1, 0.15) is 43.5 Å². The van der Waals surface area contributed by atoms with Crippen LogP contribution in [0.2, 0.25) is 0 Å². The molecule has 0 atom stereocenters. The van der Waals surface area contributed by atoms with E-state index in [0.29, 0.717) is 5.92 Å². The monoisotopic (exact) mass is 268 g/mol. The molecule has 1 aliphatic carbocycles. The molecule has 0 amide bonds. The molecule has 104 valence electrons. The molecule has 0 unspecified atom stereocenters. The van der Waals surface area contributed by atoms with Gasteiger partial charge in [0.15, 0.2) is 0 Å². The van der Waals surface area contributed by atoms with Gasteiger partial charge >= 0.3 is 0 Å². The van der Waals surface area contributed by atoms with Crippen molar-refractivity contribution in [2.45, 2.75) is 39.0 Å². The first kappa shape index (κ1) is 13.0. The maximum Gasteiger partial charge on any atom is 0.134 e. The minimum absolute atomic E-state index is 0.554. The molecule has 0 radical (unpaired) electrons. The van der Waals surface area contributed by atoms with Gasteiger partial charge in [0.2, 0.25) is 0 Å². The molecule has 3 rings (SSSR count). The highest BCUT2D eigenvalue weighted by Crippen LogP contribution is 2.40. The Morgan fingerprint density at radius 1 is 1.20 bits per heavy atom. The molecular formula is C16H20N4. The topological polar surface area (TPSA) is 50.7 Å². The molecule has 0 bridgehead atoms. The SMILES string of the molecule is CCCNc1nc(C2CC2)nc(-c2ccncc2)c1C. The fourth-order valence-electron chi connectivity index (χ4n) is 2.26. The third-order valence-corrected chi connectivity index (χ3v) is 3.60. The summed E-state index contributed by atoms with van der Waals surface area (Å²) < 4.78 is 0. The van der Waals surface area contributed by atoms with Gasteiger partial charge in [0.05, 0.1) is 5.69 Å². The van der Waals surface area contributed by atoms with Gasteiger partial charge in [0.25, 0.3) is 0 Å². The van der Waals surface area contributed by atoms with Crippen molar-refractivity contribution in [3.05, 3.63) is 35.9 Å². The summed E-state index contributed by atoms with van der Waals surface area (Å²) in [4.78, 5) is 13.6. The summed E-state index contributed by atoms with van der Waals surface area (Å²) in [6.07, 6.45) is 7.14. The van der Waals surface area contributed by atoms with Crippen molar-refractivity contribution in [1.29, 1.82) is 0 Å². The quantitative estimate of drug-likeness (QED) is 0.901. The molecule has 1 saturated carbocycles. The highest BCUT2D eigenvalue weighted by molar-refractivity contribution is 5.67. The van der Waals surface area contributed by atoms with Crippen molar-refractivity contribution >= 4 is 5.82 Å². The van der Waals surface area contributed by atoms with Gasteiger partial charge in [-0.05, 0) is 38.3 Å².